The van der Waals surface area contributed by atoms with E-state index in [2.05, 4.69) is 10.5 Å². The summed E-state index contributed by atoms with van der Waals surface area (Å²) >= 11 is 0. The second-order valence-corrected chi connectivity index (χ2v) is 6.98. The maximum atomic E-state index is 12.9. The Morgan fingerprint density at radius 1 is 0.935 bits per heavy atom. The highest BCUT2D eigenvalue weighted by Crippen LogP contribution is 2.29. The SMILES string of the molecule is Cc1noc(C)c1COc1cccc(C(=O)Nc2ccccc2Oc2ccccc2)c1. The first-order valence-corrected chi connectivity index (χ1v) is 9.88. The highest BCUT2D eigenvalue weighted by atomic mass is 16.5. The number of carbonyl (C=O) groups is 1. The zero-order chi connectivity index (χ0) is 21.6. The van der Waals surface area contributed by atoms with Crippen molar-refractivity contribution in [3.63, 3.8) is 0 Å². The minimum atomic E-state index is -0.257. The van der Waals surface area contributed by atoms with E-state index in [1.165, 1.54) is 0 Å². The summed E-state index contributed by atoms with van der Waals surface area (Å²) in [6.07, 6.45) is 0. The molecule has 0 unspecified atom stereocenters. The molecule has 6 heteroatoms. The number of hydrogen-bond acceptors (Lipinski definition) is 5. The van der Waals surface area contributed by atoms with E-state index in [0.717, 1.165) is 17.0 Å². The minimum absolute atomic E-state index is 0.257. The van der Waals surface area contributed by atoms with Gasteiger partial charge >= 0.3 is 0 Å². The molecular formula is C25H22N2O4. The van der Waals surface area contributed by atoms with Gasteiger partial charge < -0.3 is 19.3 Å². The minimum Gasteiger partial charge on any atom is -0.489 e. The van der Waals surface area contributed by atoms with Gasteiger partial charge in [0.1, 0.15) is 23.9 Å². The first-order chi connectivity index (χ1) is 15.1. The van der Waals surface area contributed by atoms with E-state index < -0.39 is 0 Å². The van der Waals surface area contributed by atoms with Crippen molar-refractivity contribution in [3.05, 3.63) is 101 Å². The molecule has 1 N–H and O–H groups in total. The molecule has 4 rings (SSSR count). The van der Waals surface area contributed by atoms with Crippen LogP contribution >= 0.6 is 0 Å². The van der Waals surface area contributed by atoms with E-state index in [1.54, 1.807) is 30.3 Å². The van der Waals surface area contributed by atoms with Gasteiger partial charge in [-0.05, 0) is 56.3 Å². The molecule has 156 valence electrons. The molecule has 1 aromatic heterocycles. The molecule has 0 saturated heterocycles. The zero-order valence-corrected chi connectivity index (χ0v) is 17.3. The Balaban J connectivity index is 1.46. The Hall–Kier alpha value is -4.06. The topological polar surface area (TPSA) is 73.6 Å². The Kier molecular flexibility index (Phi) is 5.98. The molecule has 1 amide bonds. The van der Waals surface area contributed by atoms with E-state index in [9.17, 15) is 4.79 Å². The highest BCUT2D eigenvalue weighted by molar-refractivity contribution is 6.05. The second kappa shape index (κ2) is 9.17. The summed E-state index contributed by atoms with van der Waals surface area (Å²) in [5.41, 5.74) is 2.76. The summed E-state index contributed by atoms with van der Waals surface area (Å²) in [5, 5.41) is 6.85. The van der Waals surface area contributed by atoms with E-state index in [-0.39, 0.29) is 5.91 Å². The number of nitrogens with zero attached hydrogens (tertiary/aromatic N) is 1. The van der Waals surface area contributed by atoms with Crippen LogP contribution in [-0.2, 0) is 6.61 Å². The van der Waals surface area contributed by atoms with Crippen LogP contribution in [-0.4, -0.2) is 11.1 Å². The Bertz CT molecular complexity index is 1170. The van der Waals surface area contributed by atoms with Gasteiger partial charge in [0.25, 0.3) is 5.91 Å². The number of para-hydroxylation sites is 3. The van der Waals surface area contributed by atoms with Gasteiger partial charge in [-0.3, -0.25) is 4.79 Å². The van der Waals surface area contributed by atoms with Crippen LogP contribution in [0.3, 0.4) is 0 Å². The van der Waals surface area contributed by atoms with E-state index >= 15 is 0 Å². The standard InChI is InChI=1S/C25H22N2O4/c1-17-22(18(2)31-27-17)16-29-21-12-8-9-19(15-21)25(28)26-23-13-6-7-14-24(23)30-20-10-4-3-5-11-20/h3-15H,16H2,1-2H3,(H,26,28). The molecule has 31 heavy (non-hydrogen) atoms. The van der Waals surface area contributed by atoms with Crippen molar-refractivity contribution in [1.29, 1.82) is 0 Å². The monoisotopic (exact) mass is 414 g/mol. The normalized spacial score (nSPS) is 10.5. The van der Waals surface area contributed by atoms with Crippen LogP contribution in [0.4, 0.5) is 5.69 Å². The van der Waals surface area contributed by atoms with Crippen LogP contribution in [0.5, 0.6) is 17.2 Å². The lowest BCUT2D eigenvalue weighted by Crippen LogP contribution is -2.12. The second-order valence-electron chi connectivity index (χ2n) is 6.98. The predicted octanol–water partition coefficient (Wildman–Crippen LogP) is 5.92. The molecule has 0 atom stereocenters. The average Bonchev–Trinajstić information content (AvgIpc) is 3.12. The van der Waals surface area contributed by atoms with Crippen molar-refractivity contribution in [2.24, 2.45) is 0 Å². The smallest absolute Gasteiger partial charge is 0.255 e. The Morgan fingerprint density at radius 3 is 2.45 bits per heavy atom. The molecule has 0 aliphatic heterocycles. The lowest BCUT2D eigenvalue weighted by molar-refractivity contribution is 0.102. The summed E-state index contributed by atoms with van der Waals surface area (Å²) < 4.78 is 16.9. The fourth-order valence-corrected chi connectivity index (χ4v) is 3.06. The number of benzene rings is 3. The summed E-state index contributed by atoms with van der Waals surface area (Å²) in [5.74, 6) is 2.31. The van der Waals surface area contributed by atoms with Gasteiger partial charge in [0.2, 0.25) is 0 Å². The fourth-order valence-electron chi connectivity index (χ4n) is 3.06. The molecule has 0 spiro atoms. The van der Waals surface area contributed by atoms with Gasteiger partial charge in [0.05, 0.1) is 16.9 Å². The van der Waals surface area contributed by atoms with E-state index in [1.807, 2.05) is 62.4 Å². The number of hydrogen-bond donors (Lipinski definition) is 1. The van der Waals surface area contributed by atoms with Gasteiger partial charge in [-0.2, -0.15) is 0 Å². The molecule has 0 fully saturated rings. The lowest BCUT2D eigenvalue weighted by atomic mass is 10.2. The molecule has 4 aromatic rings. The van der Waals surface area contributed by atoms with E-state index in [0.29, 0.717) is 35.1 Å². The highest BCUT2D eigenvalue weighted by Gasteiger charge is 2.13. The number of rotatable bonds is 7. The zero-order valence-electron chi connectivity index (χ0n) is 17.3. The molecule has 6 nitrogen and oxygen atoms in total. The van der Waals surface area contributed by atoms with Gasteiger partial charge in [0, 0.05) is 5.56 Å². The van der Waals surface area contributed by atoms with Gasteiger partial charge in [-0.25, -0.2) is 0 Å². The van der Waals surface area contributed by atoms with Crippen LogP contribution in [0, 0.1) is 13.8 Å². The number of anilines is 1. The van der Waals surface area contributed by atoms with E-state index in [4.69, 9.17) is 14.0 Å². The van der Waals surface area contributed by atoms with Crippen LogP contribution in [0.25, 0.3) is 0 Å². The van der Waals surface area contributed by atoms with Gasteiger partial charge in [-0.15, -0.1) is 0 Å². The molecule has 0 aliphatic carbocycles. The number of ether oxygens (including phenoxy) is 2. The molecule has 0 radical (unpaired) electrons. The Labute approximate surface area is 180 Å². The third-order valence-electron chi connectivity index (χ3n) is 4.77. The summed E-state index contributed by atoms with van der Waals surface area (Å²) in [6.45, 7) is 4.03. The molecule has 1 heterocycles. The van der Waals surface area contributed by atoms with Gasteiger partial charge in [-0.1, -0.05) is 41.6 Å². The third-order valence-corrected chi connectivity index (χ3v) is 4.77. The summed E-state index contributed by atoms with van der Waals surface area (Å²) in [7, 11) is 0. The first kappa shape index (κ1) is 20.2. The fraction of sp³-hybridized carbons (Fsp3) is 0.120. The van der Waals surface area contributed by atoms with Crippen LogP contribution in [0.2, 0.25) is 0 Å². The van der Waals surface area contributed by atoms with Crippen molar-refractivity contribution in [2.45, 2.75) is 20.5 Å². The number of aromatic nitrogens is 1. The van der Waals surface area contributed by atoms with Crippen molar-refractivity contribution >= 4 is 11.6 Å². The molecule has 3 aromatic carbocycles. The third kappa shape index (κ3) is 4.93. The van der Waals surface area contributed by atoms with Crippen molar-refractivity contribution < 1.29 is 18.8 Å². The summed E-state index contributed by atoms with van der Waals surface area (Å²) in [4.78, 5) is 12.9. The predicted molar refractivity (Wildman–Crippen MR) is 118 cm³/mol. The van der Waals surface area contributed by atoms with Crippen LogP contribution in [0.15, 0.2) is 83.4 Å². The molecular weight excluding hydrogens is 392 g/mol. The first-order valence-electron chi connectivity index (χ1n) is 9.88. The molecule has 0 bridgehead atoms. The maximum absolute atomic E-state index is 12.9. The molecule has 0 saturated carbocycles. The summed E-state index contributed by atoms with van der Waals surface area (Å²) in [6, 6.07) is 23.8. The number of carbonyl (C=O) groups excluding carboxylic acids is 1. The van der Waals surface area contributed by atoms with Crippen molar-refractivity contribution in [2.75, 3.05) is 5.32 Å². The van der Waals surface area contributed by atoms with Crippen molar-refractivity contribution in [3.8, 4) is 17.2 Å². The van der Waals surface area contributed by atoms with Crippen LogP contribution in [0.1, 0.15) is 27.4 Å². The van der Waals surface area contributed by atoms with Crippen LogP contribution < -0.4 is 14.8 Å². The quantitative estimate of drug-likeness (QED) is 0.407. The average molecular weight is 414 g/mol. The Morgan fingerprint density at radius 2 is 1.68 bits per heavy atom. The number of aryl methyl sites for hydroxylation is 2. The lowest BCUT2D eigenvalue weighted by Gasteiger charge is -2.13. The molecule has 0 aliphatic rings. The van der Waals surface area contributed by atoms with Crippen molar-refractivity contribution in [1.82, 2.24) is 5.16 Å². The van der Waals surface area contributed by atoms with Gasteiger partial charge in [0.15, 0.2) is 5.75 Å². The maximum Gasteiger partial charge on any atom is 0.255 e. The largest absolute Gasteiger partial charge is 0.489 e. The number of nitrogens with one attached hydrogen (secondary N) is 1. The number of amides is 1.